The molecule has 1 heterocycles. The van der Waals surface area contributed by atoms with Crippen LogP contribution in [0.15, 0.2) is 217 Å². The van der Waals surface area contributed by atoms with Gasteiger partial charge in [0.2, 0.25) is 0 Å². The molecule has 1 aliphatic rings. The van der Waals surface area contributed by atoms with Crippen LogP contribution in [0.1, 0.15) is 25.0 Å². The molecular weight excluding hydrogens is 715 g/mol. The fourth-order valence-corrected chi connectivity index (χ4v) is 9.48. The predicted octanol–water partition coefficient (Wildman–Crippen LogP) is 16.0. The third kappa shape index (κ3) is 5.71. The van der Waals surface area contributed by atoms with E-state index in [-0.39, 0.29) is 5.41 Å². The van der Waals surface area contributed by atoms with Crippen LogP contribution in [0.4, 0.5) is 17.1 Å². The topological polar surface area (TPSA) is 16.4 Å². The fraction of sp³-hybridized carbons (Fsp3) is 0.0526. The molecule has 0 N–H and O–H groups in total. The Morgan fingerprint density at radius 1 is 0.373 bits per heavy atom. The van der Waals surface area contributed by atoms with Gasteiger partial charge in [0.15, 0.2) is 0 Å². The van der Waals surface area contributed by atoms with Gasteiger partial charge < -0.3 is 9.32 Å². The largest absolute Gasteiger partial charge is 0.455 e. The molecule has 0 bridgehead atoms. The van der Waals surface area contributed by atoms with Gasteiger partial charge in [-0.15, -0.1) is 0 Å². The van der Waals surface area contributed by atoms with Crippen molar-refractivity contribution in [3.8, 4) is 55.6 Å². The number of hydrogen-bond donors (Lipinski definition) is 0. The van der Waals surface area contributed by atoms with Crippen molar-refractivity contribution in [1.29, 1.82) is 0 Å². The molecular formula is C57H41NO. The molecule has 0 spiro atoms. The number of rotatable bonds is 7. The van der Waals surface area contributed by atoms with E-state index in [9.17, 15) is 0 Å². The van der Waals surface area contributed by atoms with Crippen molar-refractivity contribution in [2.45, 2.75) is 19.3 Å². The molecule has 2 nitrogen and oxygen atoms in total. The first-order valence-corrected chi connectivity index (χ1v) is 20.4. The van der Waals surface area contributed by atoms with E-state index in [0.29, 0.717) is 0 Å². The van der Waals surface area contributed by atoms with Gasteiger partial charge in [0, 0.05) is 38.7 Å². The van der Waals surface area contributed by atoms with Crippen LogP contribution in [0.3, 0.4) is 0 Å². The van der Waals surface area contributed by atoms with Crippen molar-refractivity contribution in [3.63, 3.8) is 0 Å². The first-order chi connectivity index (χ1) is 29.0. The fourth-order valence-electron chi connectivity index (χ4n) is 9.48. The van der Waals surface area contributed by atoms with Crippen LogP contribution in [0, 0.1) is 0 Å². The maximum atomic E-state index is 6.50. The summed E-state index contributed by atoms with van der Waals surface area (Å²) >= 11 is 0. The molecule has 11 rings (SSSR count). The summed E-state index contributed by atoms with van der Waals surface area (Å²) < 4.78 is 6.50. The zero-order valence-electron chi connectivity index (χ0n) is 33.1. The molecule has 0 unspecified atom stereocenters. The molecule has 9 aromatic carbocycles. The third-order valence-corrected chi connectivity index (χ3v) is 12.3. The second-order valence-corrected chi connectivity index (χ2v) is 16.0. The molecule has 1 aromatic heterocycles. The van der Waals surface area contributed by atoms with Gasteiger partial charge in [-0.25, -0.2) is 0 Å². The van der Waals surface area contributed by atoms with Crippen LogP contribution in [-0.2, 0) is 5.41 Å². The highest BCUT2D eigenvalue weighted by molar-refractivity contribution is 6.09. The van der Waals surface area contributed by atoms with Gasteiger partial charge in [-0.3, -0.25) is 0 Å². The lowest BCUT2D eigenvalue weighted by atomic mass is 9.82. The standard InChI is InChI=1S/C57H41NO/c1-57(2)51-28-13-11-22-46(51)50-37-42(35-36-52(50)57)58(41-33-31-40(32-34-41)45-26-15-27-49-47-23-12-14-30-54(47)59-56(45)49)53-29-16-25-44(39-19-7-4-8-20-39)55(53)48-24-10-9-21-43(48)38-17-5-3-6-18-38/h3-37H,1-2H3. The van der Waals surface area contributed by atoms with E-state index in [2.05, 4.69) is 219 Å². The molecule has 0 amide bonds. The molecule has 2 heteroatoms. The Morgan fingerprint density at radius 2 is 0.915 bits per heavy atom. The number of fused-ring (bicyclic) bond motifs is 6. The Balaban J connectivity index is 1.16. The Morgan fingerprint density at radius 3 is 1.69 bits per heavy atom. The van der Waals surface area contributed by atoms with Gasteiger partial charge in [-0.2, -0.15) is 0 Å². The van der Waals surface area contributed by atoms with Gasteiger partial charge in [0.1, 0.15) is 11.2 Å². The molecule has 0 fully saturated rings. The molecule has 0 radical (unpaired) electrons. The molecule has 0 aliphatic heterocycles. The molecule has 0 saturated carbocycles. The Bertz CT molecular complexity index is 3170. The van der Waals surface area contributed by atoms with Gasteiger partial charge in [-0.1, -0.05) is 190 Å². The molecule has 10 aromatic rings. The van der Waals surface area contributed by atoms with Crippen LogP contribution in [0.25, 0.3) is 77.6 Å². The quantitative estimate of drug-likeness (QED) is 0.161. The minimum absolute atomic E-state index is 0.0956. The first kappa shape index (κ1) is 34.8. The van der Waals surface area contributed by atoms with Crippen molar-refractivity contribution < 1.29 is 4.42 Å². The molecule has 0 saturated heterocycles. The van der Waals surface area contributed by atoms with Crippen LogP contribution < -0.4 is 4.90 Å². The van der Waals surface area contributed by atoms with Crippen LogP contribution in [0.5, 0.6) is 0 Å². The lowest BCUT2D eigenvalue weighted by molar-refractivity contribution is 0.660. The lowest BCUT2D eigenvalue weighted by Crippen LogP contribution is -2.15. The first-order valence-electron chi connectivity index (χ1n) is 20.4. The molecule has 1 aliphatic carbocycles. The third-order valence-electron chi connectivity index (χ3n) is 12.3. The summed E-state index contributed by atoms with van der Waals surface area (Å²) in [6.45, 7) is 4.69. The highest BCUT2D eigenvalue weighted by Crippen LogP contribution is 2.53. The van der Waals surface area contributed by atoms with Gasteiger partial charge in [-0.05, 0) is 92.0 Å². The van der Waals surface area contributed by atoms with E-state index in [4.69, 9.17) is 4.42 Å². The summed E-state index contributed by atoms with van der Waals surface area (Å²) in [4.78, 5) is 2.46. The number of anilines is 3. The Labute approximate surface area is 345 Å². The number of benzene rings is 9. The van der Waals surface area contributed by atoms with E-state index >= 15 is 0 Å². The number of para-hydroxylation sites is 2. The highest BCUT2D eigenvalue weighted by Gasteiger charge is 2.36. The highest BCUT2D eigenvalue weighted by atomic mass is 16.3. The van der Waals surface area contributed by atoms with Crippen molar-refractivity contribution in [2.24, 2.45) is 0 Å². The summed E-state index contributed by atoms with van der Waals surface area (Å²) in [5, 5.41) is 2.26. The van der Waals surface area contributed by atoms with Crippen LogP contribution in [0.2, 0.25) is 0 Å². The predicted molar refractivity (Wildman–Crippen MR) is 248 cm³/mol. The van der Waals surface area contributed by atoms with Gasteiger partial charge >= 0.3 is 0 Å². The summed E-state index contributed by atoms with van der Waals surface area (Å²) in [5.41, 5.74) is 19.6. The average Bonchev–Trinajstić information content (AvgIpc) is 3.79. The number of nitrogens with zero attached hydrogens (tertiary/aromatic N) is 1. The van der Waals surface area contributed by atoms with Crippen molar-refractivity contribution in [3.05, 3.63) is 223 Å². The van der Waals surface area contributed by atoms with Crippen molar-refractivity contribution in [1.82, 2.24) is 0 Å². The van der Waals surface area contributed by atoms with Crippen LogP contribution in [-0.4, -0.2) is 0 Å². The normalized spacial score (nSPS) is 12.7. The van der Waals surface area contributed by atoms with E-state index in [1.165, 1.54) is 55.6 Å². The monoisotopic (exact) mass is 755 g/mol. The minimum atomic E-state index is -0.0956. The lowest BCUT2D eigenvalue weighted by Gasteiger charge is -2.31. The molecule has 59 heavy (non-hydrogen) atoms. The zero-order chi connectivity index (χ0) is 39.5. The Kier molecular flexibility index (Phi) is 8.20. The summed E-state index contributed by atoms with van der Waals surface area (Å²) in [7, 11) is 0. The minimum Gasteiger partial charge on any atom is -0.455 e. The van der Waals surface area contributed by atoms with E-state index in [1.54, 1.807) is 0 Å². The SMILES string of the molecule is CC1(C)c2ccccc2-c2cc(N(c3ccc(-c4cccc5c4oc4ccccc45)cc3)c3cccc(-c4ccccc4)c3-c3ccccc3-c3ccccc3)ccc21. The molecule has 280 valence electrons. The number of furan rings is 1. The maximum absolute atomic E-state index is 6.50. The maximum Gasteiger partial charge on any atom is 0.143 e. The second kappa shape index (κ2) is 13.9. The van der Waals surface area contributed by atoms with Crippen molar-refractivity contribution in [2.75, 3.05) is 4.90 Å². The molecule has 0 atom stereocenters. The summed E-state index contributed by atoms with van der Waals surface area (Å²) in [5.74, 6) is 0. The summed E-state index contributed by atoms with van der Waals surface area (Å²) in [6, 6.07) is 76.9. The summed E-state index contributed by atoms with van der Waals surface area (Å²) in [6.07, 6.45) is 0. The smallest absolute Gasteiger partial charge is 0.143 e. The second-order valence-electron chi connectivity index (χ2n) is 16.0. The zero-order valence-corrected chi connectivity index (χ0v) is 33.1. The van der Waals surface area contributed by atoms with E-state index in [1.807, 2.05) is 12.1 Å². The Hall–Kier alpha value is -7.42. The number of hydrogen-bond acceptors (Lipinski definition) is 2. The van der Waals surface area contributed by atoms with Crippen LogP contribution >= 0.6 is 0 Å². The van der Waals surface area contributed by atoms with E-state index in [0.717, 1.165) is 50.1 Å². The van der Waals surface area contributed by atoms with Crippen molar-refractivity contribution >= 4 is 39.0 Å². The van der Waals surface area contributed by atoms with Gasteiger partial charge in [0.05, 0.1) is 5.69 Å². The van der Waals surface area contributed by atoms with E-state index < -0.39 is 0 Å². The average molecular weight is 756 g/mol. The van der Waals surface area contributed by atoms with Gasteiger partial charge in [0.25, 0.3) is 0 Å².